The number of ether oxygens (including phenoxy) is 1. The third kappa shape index (κ3) is 3.04. The first-order valence-corrected chi connectivity index (χ1v) is 8.05. The average molecular weight is 307 g/mol. The molecule has 23 heavy (non-hydrogen) atoms. The second-order valence-electron chi connectivity index (χ2n) is 5.94. The van der Waals surface area contributed by atoms with E-state index in [1.54, 1.807) is 0 Å². The van der Waals surface area contributed by atoms with E-state index in [0.717, 1.165) is 23.3 Å². The van der Waals surface area contributed by atoms with Gasteiger partial charge in [-0.15, -0.1) is 0 Å². The molecular weight excluding hydrogens is 286 g/mol. The highest BCUT2D eigenvalue weighted by atomic mass is 16.5. The molecule has 0 bridgehead atoms. The summed E-state index contributed by atoms with van der Waals surface area (Å²) in [5.41, 5.74) is 2.16. The lowest BCUT2D eigenvalue weighted by atomic mass is 10.0. The third-order valence-electron chi connectivity index (χ3n) is 4.31. The summed E-state index contributed by atoms with van der Waals surface area (Å²) in [5.74, 6) is 0.000775. The van der Waals surface area contributed by atoms with Crippen molar-refractivity contribution >= 4 is 11.7 Å². The second-order valence-corrected chi connectivity index (χ2v) is 5.94. The topological polar surface area (TPSA) is 38.7 Å². The average Bonchev–Trinajstić information content (AvgIpc) is 3.26. The molecule has 3 rings (SSSR count). The van der Waals surface area contributed by atoms with Gasteiger partial charge in [-0.05, 0) is 19.3 Å². The maximum Gasteiger partial charge on any atom is 0.334 e. The highest BCUT2D eigenvalue weighted by Crippen LogP contribution is 2.48. The van der Waals surface area contributed by atoms with E-state index in [1.807, 2.05) is 74.5 Å². The zero-order valence-electron chi connectivity index (χ0n) is 13.5. The van der Waals surface area contributed by atoms with Crippen LogP contribution in [0.5, 0.6) is 0 Å². The van der Waals surface area contributed by atoms with Crippen LogP contribution in [-0.2, 0) is 9.53 Å². The number of carbonyl (C=O) groups is 1. The number of benzene rings is 2. The first kappa shape index (κ1) is 15.5. The van der Waals surface area contributed by atoms with Crippen LogP contribution in [0.2, 0.25) is 0 Å². The molecule has 0 unspecified atom stereocenters. The molecule has 0 aromatic heterocycles. The number of hydrogen-bond acceptors (Lipinski definition) is 3. The van der Waals surface area contributed by atoms with Crippen molar-refractivity contribution in [3.05, 3.63) is 71.8 Å². The fraction of sp³-hybridized carbons (Fsp3) is 0.300. The van der Waals surface area contributed by atoms with Crippen LogP contribution >= 0.6 is 0 Å². The van der Waals surface area contributed by atoms with Crippen LogP contribution in [-0.4, -0.2) is 23.8 Å². The molecule has 118 valence electrons. The molecule has 0 aliphatic heterocycles. The van der Waals surface area contributed by atoms with Gasteiger partial charge in [0.1, 0.15) is 0 Å². The Kier molecular flexibility index (Phi) is 4.28. The number of hydrogen-bond donors (Lipinski definition) is 0. The van der Waals surface area contributed by atoms with Crippen molar-refractivity contribution in [3.63, 3.8) is 0 Å². The number of rotatable bonds is 5. The van der Waals surface area contributed by atoms with Gasteiger partial charge in [0.2, 0.25) is 0 Å². The van der Waals surface area contributed by atoms with E-state index in [-0.39, 0.29) is 11.9 Å². The van der Waals surface area contributed by atoms with Crippen molar-refractivity contribution in [1.29, 1.82) is 0 Å². The van der Waals surface area contributed by atoms with Crippen molar-refractivity contribution in [3.8, 4) is 0 Å². The molecule has 2 aromatic rings. The fourth-order valence-electron chi connectivity index (χ4n) is 2.84. The summed E-state index contributed by atoms with van der Waals surface area (Å²) < 4.78 is 5.27. The van der Waals surface area contributed by atoms with Crippen LogP contribution in [0.15, 0.2) is 65.7 Å². The summed E-state index contributed by atoms with van der Waals surface area (Å²) in [4.78, 5) is 17.3. The first-order valence-electron chi connectivity index (χ1n) is 8.05. The molecule has 3 heteroatoms. The molecule has 0 amide bonds. The Morgan fingerprint density at radius 2 is 1.57 bits per heavy atom. The smallest absolute Gasteiger partial charge is 0.334 e. The van der Waals surface area contributed by atoms with Crippen molar-refractivity contribution < 1.29 is 9.53 Å². The number of aliphatic imine (C=N–C) groups is 1. The molecule has 3 nitrogen and oxygen atoms in total. The maximum atomic E-state index is 12.4. The van der Waals surface area contributed by atoms with Gasteiger partial charge in [-0.3, -0.25) is 4.99 Å². The largest absolute Gasteiger partial charge is 0.464 e. The van der Waals surface area contributed by atoms with Gasteiger partial charge in [-0.25, -0.2) is 4.79 Å². The van der Waals surface area contributed by atoms with Crippen molar-refractivity contribution in [2.45, 2.75) is 25.8 Å². The van der Waals surface area contributed by atoms with Gasteiger partial charge < -0.3 is 4.74 Å². The molecule has 1 aliphatic carbocycles. The molecule has 0 saturated heterocycles. The Balaban J connectivity index is 2.07. The molecule has 0 spiro atoms. The van der Waals surface area contributed by atoms with E-state index < -0.39 is 5.54 Å². The fourth-order valence-corrected chi connectivity index (χ4v) is 2.84. The predicted molar refractivity (Wildman–Crippen MR) is 91.7 cm³/mol. The standard InChI is InChI=1S/C20H21NO2/c1-3-23-19(22)20(14-15(20)2)21-18(16-10-6-4-7-11-16)17-12-8-5-9-13-17/h4-13,15H,3,14H2,1-2H3/t15-,20+/m0/s1. The Morgan fingerprint density at radius 3 is 1.96 bits per heavy atom. The maximum absolute atomic E-state index is 12.4. The zero-order valence-corrected chi connectivity index (χ0v) is 13.5. The minimum Gasteiger partial charge on any atom is -0.464 e. The highest BCUT2D eigenvalue weighted by molar-refractivity contribution is 6.14. The van der Waals surface area contributed by atoms with Crippen LogP contribution in [0.25, 0.3) is 0 Å². The van der Waals surface area contributed by atoms with Gasteiger partial charge in [-0.2, -0.15) is 0 Å². The zero-order chi connectivity index (χ0) is 16.3. The predicted octanol–water partition coefficient (Wildman–Crippen LogP) is 3.87. The monoisotopic (exact) mass is 307 g/mol. The van der Waals surface area contributed by atoms with Crippen molar-refractivity contribution in [2.75, 3.05) is 6.61 Å². The van der Waals surface area contributed by atoms with Gasteiger partial charge in [0.05, 0.1) is 12.3 Å². The number of carbonyl (C=O) groups excluding carboxylic acids is 1. The van der Waals surface area contributed by atoms with Crippen LogP contribution < -0.4 is 0 Å². The highest BCUT2D eigenvalue weighted by Gasteiger charge is 2.59. The van der Waals surface area contributed by atoms with Crippen LogP contribution in [0.4, 0.5) is 0 Å². The van der Waals surface area contributed by atoms with Crippen molar-refractivity contribution in [2.24, 2.45) is 10.9 Å². The van der Waals surface area contributed by atoms with Gasteiger partial charge in [-0.1, -0.05) is 67.6 Å². The molecule has 1 aliphatic rings. The quantitative estimate of drug-likeness (QED) is 0.621. The summed E-state index contributed by atoms with van der Waals surface area (Å²) in [7, 11) is 0. The molecule has 2 aromatic carbocycles. The second kappa shape index (κ2) is 6.37. The number of nitrogens with zero attached hydrogens (tertiary/aromatic N) is 1. The molecule has 2 atom stereocenters. The summed E-state index contributed by atoms with van der Waals surface area (Å²) >= 11 is 0. The van der Waals surface area contributed by atoms with E-state index in [9.17, 15) is 4.79 Å². The van der Waals surface area contributed by atoms with Crippen LogP contribution in [0.3, 0.4) is 0 Å². The van der Waals surface area contributed by atoms with E-state index >= 15 is 0 Å². The minimum atomic E-state index is -0.725. The first-order chi connectivity index (χ1) is 11.2. The molecule has 1 fully saturated rings. The van der Waals surface area contributed by atoms with Crippen molar-refractivity contribution in [1.82, 2.24) is 0 Å². The van der Waals surface area contributed by atoms with E-state index in [0.29, 0.717) is 6.61 Å². The Labute approximate surface area is 137 Å². The minimum absolute atomic E-state index is 0.211. The summed E-state index contributed by atoms with van der Waals surface area (Å²) in [6.45, 7) is 4.26. The summed E-state index contributed by atoms with van der Waals surface area (Å²) in [6, 6.07) is 20.0. The van der Waals surface area contributed by atoms with E-state index in [4.69, 9.17) is 9.73 Å². The Bertz CT molecular complexity index is 667. The third-order valence-corrected chi connectivity index (χ3v) is 4.31. The van der Waals surface area contributed by atoms with Gasteiger partial charge >= 0.3 is 5.97 Å². The molecule has 1 saturated carbocycles. The lowest BCUT2D eigenvalue weighted by Gasteiger charge is -2.15. The van der Waals surface area contributed by atoms with Gasteiger partial charge in [0, 0.05) is 11.1 Å². The summed E-state index contributed by atoms with van der Waals surface area (Å²) in [5, 5.41) is 0. The molecule has 0 N–H and O–H groups in total. The van der Waals surface area contributed by atoms with Crippen LogP contribution in [0.1, 0.15) is 31.4 Å². The van der Waals surface area contributed by atoms with E-state index in [2.05, 4.69) is 0 Å². The molecule has 0 heterocycles. The van der Waals surface area contributed by atoms with Gasteiger partial charge in [0.25, 0.3) is 0 Å². The Hall–Kier alpha value is -2.42. The molecular formula is C20H21NO2. The van der Waals surface area contributed by atoms with E-state index in [1.165, 1.54) is 0 Å². The summed E-state index contributed by atoms with van der Waals surface area (Å²) in [6.07, 6.45) is 0.745. The SMILES string of the molecule is CCOC(=O)[C@@]1(N=C(c2ccccc2)c2ccccc2)C[C@@H]1C. The lowest BCUT2D eigenvalue weighted by molar-refractivity contribution is -0.146. The van der Waals surface area contributed by atoms with Crippen LogP contribution in [0, 0.1) is 5.92 Å². The number of esters is 1. The lowest BCUT2D eigenvalue weighted by Crippen LogP contribution is -2.27. The normalized spacial score (nSPS) is 22.3. The molecule has 0 radical (unpaired) electrons. The Morgan fingerprint density at radius 1 is 1.09 bits per heavy atom. The van der Waals surface area contributed by atoms with Gasteiger partial charge in [0.15, 0.2) is 5.54 Å².